The van der Waals surface area contributed by atoms with Crippen molar-refractivity contribution in [1.82, 2.24) is 10.2 Å². The number of halogens is 1. The van der Waals surface area contributed by atoms with Gasteiger partial charge in [0.25, 0.3) is 5.91 Å². The van der Waals surface area contributed by atoms with E-state index in [-0.39, 0.29) is 12.5 Å². The molecule has 1 saturated heterocycles. The molecular weight excluding hydrogens is 433 g/mol. The second-order valence-corrected chi connectivity index (χ2v) is 6.92. The lowest BCUT2D eigenvalue weighted by Gasteiger charge is -2.13. The quantitative estimate of drug-likeness (QED) is 0.544. The van der Waals surface area contributed by atoms with Crippen LogP contribution in [0.3, 0.4) is 0 Å². The first kappa shape index (κ1) is 17.4. The van der Waals surface area contributed by atoms with Crippen LogP contribution in [0.5, 0.6) is 0 Å². The fourth-order valence-corrected chi connectivity index (χ4v) is 2.95. The monoisotopic (exact) mass is 449 g/mol. The molecule has 1 aliphatic heterocycles. The van der Waals surface area contributed by atoms with Gasteiger partial charge >= 0.3 is 6.03 Å². The summed E-state index contributed by atoms with van der Waals surface area (Å²) >= 11 is 2.17. The molecule has 0 saturated carbocycles. The average Bonchev–Trinajstić information content (AvgIpc) is 2.85. The van der Waals surface area contributed by atoms with Crippen molar-refractivity contribution < 1.29 is 14.4 Å². The number of hydrogen-bond donors (Lipinski definition) is 2. The Labute approximate surface area is 158 Å². The SMILES string of the molecule is O=C(CN1C(=O)N[C@H](Cc2ccccc2)C1=O)Nc1ccc(I)cc1. The number of imide groups is 1. The molecule has 7 heteroatoms. The maximum Gasteiger partial charge on any atom is 0.325 e. The third-order valence-electron chi connectivity index (χ3n) is 3.82. The molecule has 1 aliphatic rings. The Balaban J connectivity index is 1.60. The van der Waals surface area contributed by atoms with Gasteiger partial charge in [0.05, 0.1) is 0 Å². The number of amides is 4. The minimum Gasteiger partial charge on any atom is -0.325 e. The normalized spacial score (nSPS) is 16.7. The number of nitrogens with zero attached hydrogens (tertiary/aromatic N) is 1. The van der Waals surface area contributed by atoms with Crippen LogP contribution >= 0.6 is 22.6 Å². The van der Waals surface area contributed by atoms with Crippen LogP contribution in [-0.4, -0.2) is 35.3 Å². The number of hydrogen-bond acceptors (Lipinski definition) is 3. The number of urea groups is 1. The Morgan fingerprint density at radius 3 is 2.44 bits per heavy atom. The van der Waals surface area contributed by atoms with Gasteiger partial charge in [-0.3, -0.25) is 14.5 Å². The van der Waals surface area contributed by atoms with E-state index >= 15 is 0 Å². The molecule has 1 heterocycles. The van der Waals surface area contributed by atoms with E-state index in [4.69, 9.17) is 0 Å². The van der Waals surface area contributed by atoms with Crippen molar-refractivity contribution in [2.45, 2.75) is 12.5 Å². The Hall–Kier alpha value is -2.42. The molecule has 6 nitrogen and oxygen atoms in total. The fraction of sp³-hybridized carbons (Fsp3) is 0.167. The smallest absolute Gasteiger partial charge is 0.325 e. The number of rotatable bonds is 5. The summed E-state index contributed by atoms with van der Waals surface area (Å²) < 4.78 is 1.05. The van der Waals surface area contributed by atoms with E-state index in [0.717, 1.165) is 14.0 Å². The zero-order valence-corrected chi connectivity index (χ0v) is 15.4. The first-order chi connectivity index (χ1) is 12.0. The molecule has 2 aromatic rings. The number of carbonyl (C=O) groups is 3. The Morgan fingerprint density at radius 1 is 1.08 bits per heavy atom. The van der Waals surface area contributed by atoms with E-state index in [9.17, 15) is 14.4 Å². The number of benzene rings is 2. The predicted molar refractivity (Wildman–Crippen MR) is 102 cm³/mol. The lowest BCUT2D eigenvalue weighted by atomic mass is 10.1. The average molecular weight is 449 g/mol. The number of nitrogens with one attached hydrogen (secondary N) is 2. The van der Waals surface area contributed by atoms with Crippen LogP contribution in [0.4, 0.5) is 10.5 Å². The van der Waals surface area contributed by atoms with E-state index in [0.29, 0.717) is 12.1 Å². The molecule has 1 fully saturated rings. The van der Waals surface area contributed by atoms with Gasteiger partial charge in [-0.25, -0.2) is 4.79 Å². The molecule has 2 N–H and O–H groups in total. The molecule has 0 bridgehead atoms. The van der Waals surface area contributed by atoms with E-state index in [1.165, 1.54) is 0 Å². The van der Waals surface area contributed by atoms with Gasteiger partial charge < -0.3 is 10.6 Å². The van der Waals surface area contributed by atoms with Crippen molar-refractivity contribution in [3.63, 3.8) is 0 Å². The predicted octanol–water partition coefficient (Wildman–Crippen LogP) is 2.39. The molecule has 2 aromatic carbocycles. The minimum absolute atomic E-state index is 0.304. The highest BCUT2D eigenvalue weighted by Gasteiger charge is 2.38. The summed E-state index contributed by atoms with van der Waals surface area (Å²) in [6.07, 6.45) is 0.403. The molecule has 1 atom stereocenters. The summed E-state index contributed by atoms with van der Waals surface area (Å²) in [7, 11) is 0. The highest BCUT2D eigenvalue weighted by atomic mass is 127. The lowest BCUT2D eigenvalue weighted by Crippen LogP contribution is -2.38. The molecule has 0 unspecified atom stereocenters. The van der Waals surface area contributed by atoms with Crippen LogP contribution in [-0.2, 0) is 16.0 Å². The first-order valence-electron chi connectivity index (χ1n) is 7.74. The first-order valence-corrected chi connectivity index (χ1v) is 8.82. The van der Waals surface area contributed by atoms with Gasteiger partial charge in [-0.2, -0.15) is 0 Å². The fourth-order valence-electron chi connectivity index (χ4n) is 2.59. The van der Waals surface area contributed by atoms with Gasteiger partial charge in [0, 0.05) is 15.7 Å². The van der Waals surface area contributed by atoms with Gasteiger partial charge in [-0.05, 0) is 52.4 Å². The Bertz CT molecular complexity index is 793. The molecule has 3 rings (SSSR count). The second kappa shape index (κ2) is 7.64. The van der Waals surface area contributed by atoms with Gasteiger partial charge in [0.15, 0.2) is 0 Å². The summed E-state index contributed by atoms with van der Waals surface area (Å²) in [6.45, 7) is -0.304. The third-order valence-corrected chi connectivity index (χ3v) is 4.54. The molecule has 128 valence electrons. The van der Waals surface area contributed by atoms with Crippen molar-refractivity contribution >= 4 is 46.1 Å². The molecule has 4 amide bonds. The lowest BCUT2D eigenvalue weighted by molar-refractivity contribution is -0.130. The number of anilines is 1. The standard InChI is InChI=1S/C18H16IN3O3/c19-13-6-8-14(9-7-13)20-16(23)11-22-17(24)15(21-18(22)25)10-12-4-2-1-3-5-12/h1-9,15H,10-11H2,(H,20,23)(H,21,25)/t15-/m1/s1. The van der Waals surface area contributed by atoms with E-state index < -0.39 is 18.0 Å². The van der Waals surface area contributed by atoms with Crippen molar-refractivity contribution in [2.24, 2.45) is 0 Å². The van der Waals surface area contributed by atoms with E-state index in [1.807, 2.05) is 42.5 Å². The van der Waals surface area contributed by atoms with Crippen molar-refractivity contribution in [1.29, 1.82) is 0 Å². The molecule has 0 spiro atoms. The van der Waals surface area contributed by atoms with E-state index in [2.05, 4.69) is 33.2 Å². The third kappa shape index (κ3) is 4.36. The second-order valence-electron chi connectivity index (χ2n) is 5.67. The summed E-state index contributed by atoms with van der Waals surface area (Å²) in [6, 6.07) is 15.5. The van der Waals surface area contributed by atoms with Gasteiger partial charge in [0.2, 0.25) is 5.91 Å². The van der Waals surface area contributed by atoms with Crippen LogP contribution < -0.4 is 10.6 Å². The summed E-state index contributed by atoms with van der Waals surface area (Å²) in [5.74, 6) is -0.795. The zero-order chi connectivity index (χ0) is 17.8. The zero-order valence-electron chi connectivity index (χ0n) is 13.2. The molecule has 0 aliphatic carbocycles. The summed E-state index contributed by atoms with van der Waals surface area (Å²) in [4.78, 5) is 37.5. The van der Waals surface area contributed by atoms with Crippen molar-refractivity contribution in [2.75, 3.05) is 11.9 Å². The van der Waals surface area contributed by atoms with Gasteiger partial charge in [-0.15, -0.1) is 0 Å². The highest BCUT2D eigenvalue weighted by Crippen LogP contribution is 2.14. The summed E-state index contributed by atoms with van der Waals surface area (Å²) in [5.41, 5.74) is 1.57. The van der Waals surface area contributed by atoms with Gasteiger partial charge in [0.1, 0.15) is 12.6 Å². The molecule has 25 heavy (non-hydrogen) atoms. The van der Waals surface area contributed by atoms with Crippen LogP contribution in [0.2, 0.25) is 0 Å². The number of carbonyl (C=O) groups excluding carboxylic acids is 3. The molecule has 0 aromatic heterocycles. The Morgan fingerprint density at radius 2 is 1.76 bits per heavy atom. The maximum atomic E-state index is 12.4. The molecule has 0 radical (unpaired) electrons. The van der Waals surface area contributed by atoms with Crippen LogP contribution in [0.25, 0.3) is 0 Å². The van der Waals surface area contributed by atoms with Crippen LogP contribution in [0, 0.1) is 3.57 Å². The van der Waals surface area contributed by atoms with Gasteiger partial charge in [-0.1, -0.05) is 30.3 Å². The highest BCUT2D eigenvalue weighted by molar-refractivity contribution is 14.1. The van der Waals surface area contributed by atoms with Crippen LogP contribution in [0.1, 0.15) is 5.56 Å². The van der Waals surface area contributed by atoms with E-state index in [1.54, 1.807) is 12.1 Å². The topological polar surface area (TPSA) is 78.5 Å². The maximum absolute atomic E-state index is 12.4. The molecular formula is C18H16IN3O3. The minimum atomic E-state index is -0.638. The Kier molecular flexibility index (Phi) is 5.32. The summed E-state index contributed by atoms with van der Waals surface area (Å²) in [5, 5.41) is 5.32. The van der Waals surface area contributed by atoms with Crippen molar-refractivity contribution in [3.8, 4) is 0 Å². The largest absolute Gasteiger partial charge is 0.325 e. The van der Waals surface area contributed by atoms with Crippen LogP contribution in [0.15, 0.2) is 54.6 Å². The van der Waals surface area contributed by atoms with Crippen molar-refractivity contribution in [3.05, 3.63) is 63.7 Å².